The van der Waals surface area contributed by atoms with Crippen molar-refractivity contribution < 1.29 is 4.79 Å². The number of nitrogens with one attached hydrogen (secondary N) is 1. The molecular formula is C19H21N5O. The third-order valence-corrected chi connectivity index (χ3v) is 4.53. The maximum atomic E-state index is 12.6. The monoisotopic (exact) mass is 335 g/mol. The van der Waals surface area contributed by atoms with Gasteiger partial charge in [-0.1, -0.05) is 17.7 Å². The third kappa shape index (κ3) is 3.47. The molecule has 2 heterocycles. The highest BCUT2D eigenvalue weighted by molar-refractivity contribution is 6.04. The van der Waals surface area contributed by atoms with Gasteiger partial charge in [0, 0.05) is 20.1 Å². The Labute approximate surface area is 147 Å². The molecule has 1 N–H and O–H groups in total. The molecule has 0 unspecified atom stereocenters. The first kappa shape index (κ1) is 16.9. The van der Waals surface area contributed by atoms with Crippen molar-refractivity contribution in [2.45, 2.75) is 13.3 Å². The van der Waals surface area contributed by atoms with Gasteiger partial charge in [-0.3, -0.25) is 9.48 Å². The normalized spacial score (nSPS) is 15.1. The quantitative estimate of drug-likeness (QED) is 0.936. The topological polar surface area (TPSA) is 74.0 Å². The number of para-hydroxylation sites is 1. The van der Waals surface area contributed by atoms with Gasteiger partial charge in [0.1, 0.15) is 6.07 Å². The van der Waals surface area contributed by atoms with E-state index in [0.717, 1.165) is 25.2 Å². The van der Waals surface area contributed by atoms with Gasteiger partial charge in [0.15, 0.2) is 5.69 Å². The summed E-state index contributed by atoms with van der Waals surface area (Å²) >= 11 is 0. The zero-order valence-corrected chi connectivity index (χ0v) is 14.7. The highest BCUT2D eigenvalue weighted by Gasteiger charge is 2.21. The fourth-order valence-electron chi connectivity index (χ4n) is 3.03. The number of aromatic nitrogens is 2. The Morgan fingerprint density at radius 3 is 2.84 bits per heavy atom. The van der Waals surface area contributed by atoms with Crippen LogP contribution in [-0.2, 0) is 7.05 Å². The summed E-state index contributed by atoms with van der Waals surface area (Å²) in [6.45, 7) is 4.04. The molecule has 6 nitrogen and oxygen atoms in total. The molecule has 1 amide bonds. The summed E-state index contributed by atoms with van der Waals surface area (Å²) < 4.78 is 1.75. The molecule has 0 radical (unpaired) electrons. The van der Waals surface area contributed by atoms with Crippen LogP contribution in [0.1, 0.15) is 35.1 Å². The number of rotatable bonds is 3. The van der Waals surface area contributed by atoms with Crippen LogP contribution in [0.3, 0.4) is 0 Å². The summed E-state index contributed by atoms with van der Waals surface area (Å²) in [5.74, 6) is -0.313. The van der Waals surface area contributed by atoms with Crippen LogP contribution in [0.5, 0.6) is 0 Å². The van der Waals surface area contributed by atoms with E-state index in [1.54, 1.807) is 28.9 Å². The van der Waals surface area contributed by atoms with Crippen molar-refractivity contribution in [3.63, 3.8) is 0 Å². The van der Waals surface area contributed by atoms with Crippen LogP contribution in [-0.4, -0.2) is 40.7 Å². The first-order valence-electron chi connectivity index (χ1n) is 8.21. The highest BCUT2D eigenvalue weighted by Crippen LogP contribution is 2.26. The van der Waals surface area contributed by atoms with E-state index in [2.05, 4.69) is 35.4 Å². The maximum Gasteiger partial charge on any atom is 0.276 e. The molecular weight excluding hydrogens is 314 g/mol. The summed E-state index contributed by atoms with van der Waals surface area (Å²) in [4.78, 5) is 14.8. The molecule has 0 fully saturated rings. The molecule has 0 saturated carbocycles. The van der Waals surface area contributed by atoms with Crippen LogP contribution in [0.2, 0.25) is 0 Å². The number of aryl methyl sites for hydroxylation is 1. The summed E-state index contributed by atoms with van der Waals surface area (Å²) in [6, 6.07) is 10.8. The van der Waals surface area contributed by atoms with Gasteiger partial charge < -0.3 is 10.2 Å². The van der Waals surface area contributed by atoms with Crippen LogP contribution in [0.25, 0.3) is 5.57 Å². The van der Waals surface area contributed by atoms with Crippen molar-refractivity contribution in [1.82, 2.24) is 14.7 Å². The second kappa shape index (κ2) is 6.91. The lowest BCUT2D eigenvalue weighted by atomic mass is 9.99. The summed E-state index contributed by atoms with van der Waals surface area (Å²) in [5.41, 5.74) is 4.79. The number of likely N-dealkylation sites (N-methyl/N-ethyl adjacent to an activating group) is 1. The highest BCUT2D eigenvalue weighted by atomic mass is 16.1. The van der Waals surface area contributed by atoms with Crippen molar-refractivity contribution >= 4 is 17.2 Å². The lowest BCUT2D eigenvalue weighted by Crippen LogP contribution is -2.27. The number of nitriles is 1. The molecule has 0 saturated heterocycles. The summed E-state index contributed by atoms with van der Waals surface area (Å²) in [6.07, 6.45) is 1.02. The zero-order chi connectivity index (χ0) is 18.0. The van der Waals surface area contributed by atoms with E-state index in [1.165, 1.54) is 11.1 Å². The van der Waals surface area contributed by atoms with E-state index in [1.807, 2.05) is 13.1 Å². The standard InChI is InChI=1S/C19H21N5O/c1-13-8-9-23(2)12-15(13)18-10-17(22-24(18)3)19(25)21-16-7-5-4-6-14(16)11-20/h4-7,10H,8-9,12H2,1-3H3,(H,21,25). The molecule has 25 heavy (non-hydrogen) atoms. The molecule has 1 aromatic carbocycles. The van der Waals surface area contributed by atoms with E-state index in [-0.39, 0.29) is 5.91 Å². The summed E-state index contributed by atoms with van der Waals surface area (Å²) in [5, 5.41) is 16.3. The van der Waals surface area contributed by atoms with Crippen LogP contribution in [0.15, 0.2) is 35.9 Å². The van der Waals surface area contributed by atoms with Crippen LogP contribution < -0.4 is 5.32 Å². The smallest absolute Gasteiger partial charge is 0.276 e. The lowest BCUT2D eigenvalue weighted by Gasteiger charge is -2.26. The Hall–Kier alpha value is -2.91. The lowest BCUT2D eigenvalue weighted by molar-refractivity contribution is 0.102. The SMILES string of the molecule is CC1=C(c2cc(C(=O)Nc3ccccc3C#N)nn2C)CN(C)CC1. The number of amides is 1. The van der Waals surface area contributed by atoms with Gasteiger partial charge in [0.05, 0.1) is 16.9 Å². The summed E-state index contributed by atoms with van der Waals surface area (Å²) in [7, 11) is 3.94. The predicted molar refractivity (Wildman–Crippen MR) is 97.0 cm³/mol. The van der Waals surface area contributed by atoms with Gasteiger partial charge >= 0.3 is 0 Å². The van der Waals surface area contributed by atoms with Gasteiger partial charge in [0.25, 0.3) is 5.91 Å². The Morgan fingerprint density at radius 1 is 1.32 bits per heavy atom. The molecule has 2 aromatic rings. The van der Waals surface area contributed by atoms with E-state index >= 15 is 0 Å². The van der Waals surface area contributed by atoms with Crippen molar-refractivity contribution in [3.05, 3.63) is 52.9 Å². The number of benzene rings is 1. The minimum atomic E-state index is -0.313. The van der Waals surface area contributed by atoms with E-state index in [4.69, 9.17) is 5.26 Å². The molecule has 0 bridgehead atoms. The first-order valence-corrected chi connectivity index (χ1v) is 8.21. The van der Waals surface area contributed by atoms with E-state index < -0.39 is 0 Å². The van der Waals surface area contributed by atoms with Crippen molar-refractivity contribution in [3.8, 4) is 6.07 Å². The Kier molecular flexibility index (Phi) is 4.68. The first-order chi connectivity index (χ1) is 12.0. The van der Waals surface area contributed by atoms with Crippen molar-refractivity contribution in [2.24, 2.45) is 7.05 Å². The van der Waals surface area contributed by atoms with Crippen molar-refractivity contribution in [2.75, 3.05) is 25.5 Å². The van der Waals surface area contributed by atoms with Gasteiger partial charge in [-0.05, 0) is 44.2 Å². The van der Waals surface area contributed by atoms with Crippen LogP contribution in [0, 0.1) is 11.3 Å². The van der Waals surface area contributed by atoms with Crippen molar-refractivity contribution in [1.29, 1.82) is 5.26 Å². The zero-order valence-electron chi connectivity index (χ0n) is 14.7. The fraction of sp³-hybridized carbons (Fsp3) is 0.316. The molecule has 1 aromatic heterocycles. The molecule has 0 spiro atoms. The molecule has 1 aliphatic rings. The average Bonchev–Trinajstić information content (AvgIpc) is 2.99. The minimum Gasteiger partial charge on any atom is -0.319 e. The maximum absolute atomic E-state index is 12.6. The number of anilines is 1. The van der Waals surface area contributed by atoms with Gasteiger partial charge in [-0.2, -0.15) is 10.4 Å². The fourth-order valence-corrected chi connectivity index (χ4v) is 3.03. The minimum absolute atomic E-state index is 0.313. The molecule has 6 heteroatoms. The molecule has 0 aliphatic carbocycles. The Bertz CT molecular complexity index is 887. The predicted octanol–water partition coefficient (Wildman–Crippen LogP) is 2.65. The van der Waals surface area contributed by atoms with Gasteiger partial charge in [-0.25, -0.2) is 0 Å². The molecule has 128 valence electrons. The number of carbonyl (C=O) groups excluding carboxylic acids is 1. The number of hydrogen-bond acceptors (Lipinski definition) is 4. The van der Waals surface area contributed by atoms with Gasteiger partial charge in [0.2, 0.25) is 0 Å². The molecule has 1 aliphatic heterocycles. The third-order valence-electron chi connectivity index (χ3n) is 4.53. The molecule has 3 rings (SSSR count). The van der Waals surface area contributed by atoms with Crippen LogP contribution >= 0.6 is 0 Å². The van der Waals surface area contributed by atoms with Gasteiger partial charge in [-0.15, -0.1) is 0 Å². The number of nitrogens with zero attached hydrogens (tertiary/aromatic N) is 4. The average molecular weight is 335 g/mol. The van der Waals surface area contributed by atoms with Crippen LogP contribution in [0.4, 0.5) is 5.69 Å². The number of carbonyl (C=O) groups is 1. The number of hydrogen-bond donors (Lipinski definition) is 1. The Balaban J connectivity index is 1.87. The largest absolute Gasteiger partial charge is 0.319 e. The van der Waals surface area contributed by atoms with E-state index in [9.17, 15) is 4.79 Å². The Morgan fingerprint density at radius 2 is 2.08 bits per heavy atom. The second-order valence-corrected chi connectivity index (χ2v) is 6.40. The second-order valence-electron chi connectivity index (χ2n) is 6.40. The van der Waals surface area contributed by atoms with E-state index in [0.29, 0.717) is 16.9 Å². The molecule has 0 atom stereocenters.